The van der Waals surface area contributed by atoms with Crippen molar-refractivity contribution >= 4 is 17.7 Å². The Morgan fingerprint density at radius 1 is 1.08 bits per heavy atom. The van der Waals surface area contributed by atoms with Gasteiger partial charge in [0.05, 0.1) is 13.2 Å². The van der Waals surface area contributed by atoms with Gasteiger partial charge < -0.3 is 9.47 Å². The van der Waals surface area contributed by atoms with Crippen LogP contribution >= 0.6 is 0 Å². The third-order valence-corrected chi connectivity index (χ3v) is 7.47. The van der Waals surface area contributed by atoms with Crippen molar-refractivity contribution in [3.63, 3.8) is 0 Å². The van der Waals surface area contributed by atoms with Crippen molar-refractivity contribution in [2.24, 2.45) is 4.99 Å². The van der Waals surface area contributed by atoms with E-state index in [1.54, 1.807) is 13.0 Å². The summed E-state index contributed by atoms with van der Waals surface area (Å²) < 4.78 is 25.7. The number of ether oxygens (including phenoxy) is 2. The molecule has 1 aliphatic carbocycles. The summed E-state index contributed by atoms with van der Waals surface area (Å²) in [5.74, 6) is 0.638. The molecular weight excluding hydrogens is 483 g/mol. The minimum Gasteiger partial charge on any atom is -0.479 e. The number of carbonyl (C=O) groups excluding carboxylic acids is 2. The summed E-state index contributed by atoms with van der Waals surface area (Å²) in [5.41, 5.74) is 1.49. The minimum atomic E-state index is -0.746. The zero-order valence-electron chi connectivity index (χ0n) is 22.8. The van der Waals surface area contributed by atoms with Crippen LogP contribution in [0.2, 0.25) is 0 Å². The number of esters is 1. The highest BCUT2D eigenvalue weighted by molar-refractivity contribution is 6.08. The van der Waals surface area contributed by atoms with Gasteiger partial charge in [0.25, 0.3) is 5.91 Å². The third-order valence-electron chi connectivity index (χ3n) is 7.47. The van der Waals surface area contributed by atoms with Gasteiger partial charge in [-0.25, -0.2) is 9.18 Å². The number of unbranched alkanes of at least 4 members (excludes halogenated alkanes) is 1. The van der Waals surface area contributed by atoms with Crippen LogP contribution in [0.25, 0.3) is 11.1 Å². The summed E-state index contributed by atoms with van der Waals surface area (Å²) >= 11 is 0. The van der Waals surface area contributed by atoms with Crippen molar-refractivity contribution in [3.05, 3.63) is 53.8 Å². The van der Waals surface area contributed by atoms with Crippen molar-refractivity contribution < 1.29 is 23.5 Å². The molecule has 204 valence electrons. The molecule has 0 saturated heterocycles. The second-order valence-electron chi connectivity index (χ2n) is 10.2. The summed E-state index contributed by atoms with van der Waals surface area (Å²) in [7, 11) is 0. The van der Waals surface area contributed by atoms with Gasteiger partial charge in [-0.15, -0.1) is 0 Å². The molecule has 0 radical (unpaired) electrons. The number of amides is 1. The van der Waals surface area contributed by atoms with Crippen LogP contribution in [0.1, 0.15) is 84.1 Å². The van der Waals surface area contributed by atoms with Gasteiger partial charge in [0.1, 0.15) is 22.9 Å². The number of hydrogen-bond donors (Lipinski definition) is 0. The fraction of sp³-hybridized carbons (Fsp3) is 0.516. The highest BCUT2D eigenvalue weighted by atomic mass is 19.1. The summed E-state index contributed by atoms with van der Waals surface area (Å²) in [6.45, 7) is 6.47. The second-order valence-corrected chi connectivity index (χ2v) is 10.2. The van der Waals surface area contributed by atoms with E-state index in [-0.39, 0.29) is 18.3 Å². The van der Waals surface area contributed by atoms with E-state index in [0.29, 0.717) is 29.8 Å². The van der Waals surface area contributed by atoms with Crippen LogP contribution < -0.4 is 4.74 Å². The molecular formula is C31H39FN2O4. The normalized spacial score (nSPS) is 17.4. The Kier molecular flexibility index (Phi) is 9.18. The lowest BCUT2D eigenvalue weighted by molar-refractivity contribution is -0.151. The smallest absolute Gasteiger partial charge is 0.347 e. The van der Waals surface area contributed by atoms with E-state index in [9.17, 15) is 14.0 Å². The van der Waals surface area contributed by atoms with Crippen molar-refractivity contribution in [2.75, 3.05) is 6.61 Å². The first-order valence-corrected chi connectivity index (χ1v) is 14.0. The maximum Gasteiger partial charge on any atom is 0.347 e. The molecule has 7 heteroatoms. The lowest BCUT2D eigenvalue weighted by Gasteiger charge is -2.29. The van der Waals surface area contributed by atoms with E-state index < -0.39 is 17.6 Å². The number of benzene rings is 2. The molecule has 38 heavy (non-hydrogen) atoms. The Morgan fingerprint density at radius 2 is 1.82 bits per heavy atom. The molecule has 0 aromatic heterocycles. The van der Waals surface area contributed by atoms with Gasteiger partial charge in [-0.1, -0.05) is 63.8 Å². The van der Waals surface area contributed by atoms with Crippen molar-refractivity contribution in [2.45, 2.75) is 96.7 Å². The predicted octanol–water partition coefficient (Wildman–Crippen LogP) is 6.85. The Morgan fingerprint density at radius 3 is 2.47 bits per heavy atom. The molecule has 0 N–H and O–H groups in total. The fourth-order valence-electron chi connectivity index (χ4n) is 5.34. The van der Waals surface area contributed by atoms with E-state index in [2.05, 4.69) is 6.92 Å². The summed E-state index contributed by atoms with van der Waals surface area (Å²) in [4.78, 5) is 32.6. The number of hydrogen-bond acceptors (Lipinski definition) is 5. The number of rotatable bonds is 11. The Bertz CT molecular complexity index is 1150. The Hall–Kier alpha value is -3.22. The van der Waals surface area contributed by atoms with Crippen molar-refractivity contribution in [3.8, 4) is 16.9 Å². The zero-order chi connectivity index (χ0) is 27.1. The lowest BCUT2D eigenvalue weighted by atomic mass is 9.82. The number of nitrogens with zero attached hydrogens (tertiary/aromatic N) is 2. The molecule has 1 fully saturated rings. The average molecular weight is 523 g/mol. The molecule has 0 bridgehead atoms. The SMILES string of the molecule is CCCCC1=NC2(CCCCC2)C(=O)N1Cc1ccc(-c2cc(OC(CC)C(=O)OCC)ccc2F)cc1. The molecule has 1 heterocycles. The quantitative estimate of drug-likeness (QED) is 0.303. The van der Waals surface area contributed by atoms with Gasteiger partial charge in [-0.3, -0.25) is 14.7 Å². The zero-order valence-corrected chi connectivity index (χ0v) is 22.8. The molecule has 1 saturated carbocycles. The standard InChI is InChI=1S/C31H39FN2O4/c1-4-7-11-28-33-31(18-9-8-10-19-31)30(36)34(28)21-22-12-14-23(15-13-22)25-20-24(16-17-26(25)32)38-27(5-2)29(35)37-6-3/h12-17,20,27H,4-11,18-19,21H2,1-3H3. The lowest BCUT2D eigenvalue weighted by Crippen LogP contribution is -2.43. The molecule has 1 atom stereocenters. The second kappa shape index (κ2) is 12.5. The van der Waals surface area contributed by atoms with E-state index in [4.69, 9.17) is 14.5 Å². The molecule has 1 unspecified atom stereocenters. The maximum absolute atomic E-state index is 14.8. The van der Waals surface area contributed by atoms with Gasteiger partial charge in [0, 0.05) is 12.0 Å². The molecule has 1 amide bonds. The van der Waals surface area contributed by atoms with Crippen LogP contribution in [0.4, 0.5) is 4.39 Å². The fourth-order valence-corrected chi connectivity index (χ4v) is 5.34. The van der Waals surface area contributed by atoms with Gasteiger partial charge in [-0.2, -0.15) is 0 Å². The molecule has 1 aliphatic heterocycles. The number of halogens is 1. The molecule has 2 aromatic rings. The average Bonchev–Trinajstić information content (AvgIpc) is 3.17. The van der Waals surface area contributed by atoms with Crippen LogP contribution in [0.3, 0.4) is 0 Å². The molecule has 2 aromatic carbocycles. The Labute approximate surface area is 225 Å². The first kappa shape index (κ1) is 27.8. The van der Waals surface area contributed by atoms with E-state index in [0.717, 1.165) is 56.3 Å². The first-order chi connectivity index (χ1) is 18.4. The minimum absolute atomic E-state index is 0.135. The van der Waals surface area contributed by atoms with Crippen LogP contribution in [-0.4, -0.2) is 40.9 Å². The number of aliphatic imine (C=N–C) groups is 1. The molecule has 2 aliphatic rings. The highest BCUT2D eigenvalue weighted by Crippen LogP contribution is 2.39. The largest absolute Gasteiger partial charge is 0.479 e. The topological polar surface area (TPSA) is 68.2 Å². The summed E-state index contributed by atoms with van der Waals surface area (Å²) in [6, 6.07) is 12.1. The highest BCUT2D eigenvalue weighted by Gasteiger charge is 2.48. The maximum atomic E-state index is 14.8. The van der Waals surface area contributed by atoms with Gasteiger partial charge >= 0.3 is 5.97 Å². The first-order valence-electron chi connectivity index (χ1n) is 14.0. The number of amidine groups is 1. The third kappa shape index (κ3) is 6.08. The van der Waals surface area contributed by atoms with Crippen LogP contribution in [0, 0.1) is 5.82 Å². The van der Waals surface area contributed by atoms with Crippen LogP contribution in [-0.2, 0) is 20.9 Å². The molecule has 1 spiro atoms. The monoisotopic (exact) mass is 522 g/mol. The summed E-state index contributed by atoms with van der Waals surface area (Å²) in [5, 5.41) is 0. The van der Waals surface area contributed by atoms with Crippen LogP contribution in [0.5, 0.6) is 5.75 Å². The van der Waals surface area contributed by atoms with Gasteiger partial charge in [-0.05, 0) is 61.9 Å². The molecule has 4 rings (SSSR count). The summed E-state index contributed by atoms with van der Waals surface area (Å²) in [6.07, 6.45) is 7.50. The van der Waals surface area contributed by atoms with Crippen molar-refractivity contribution in [1.82, 2.24) is 4.90 Å². The predicted molar refractivity (Wildman–Crippen MR) is 147 cm³/mol. The van der Waals surface area contributed by atoms with Gasteiger partial charge in [0.2, 0.25) is 0 Å². The number of carbonyl (C=O) groups is 2. The van der Waals surface area contributed by atoms with Gasteiger partial charge in [0.15, 0.2) is 6.10 Å². The molecule has 6 nitrogen and oxygen atoms in total. The van der Waals surface area contributed by atoms with E-state index in [1.165, 1.54) is 18.6 Å². The van der Waals surface area contributed by atoms with E-state index in [1.807, 2.05) is 36.1 Å². The van der Waals surface area contributed by atoms with E-state index >= 15 is 0 Å². The Balaban J connectivity index is 1.51. The van der Waals surface area contributed by atoms with Crippen LogP contribution in [0.15, 0.2) is 47.5 Å². The van der Waals surface area contributed by atoms with Crippen molar-refractivity contribution in [1.29, 1.82) is 0 Å².